The van der Waals surface area contributed by atoms with Crippen LogP contribution in [0.25, 0.3) is 0 Å². The van der Waals surface area contributed by atoms with Crippen molar-refractivity contribution in [2.45, 2.75) is 83.7 Å². The van der Waals surface area contributed by atoms with Crippen molar-refractivity contribution in [3.8, 4) is 0 Å². The number of likely N-dealkylation sites (tertiary alicyclic amines) is 1. The fraction of sp³-hybridized carbons (Fsp3) is 0.889. The first-order chi connectivity index (χ1) is 10.7. The molecule has 1 aliphatic heterocycles. The summed E-state index contributed by atoms with van der Waals surface area (Å²) >= 11 is 0. The van der Waals surface area contributed by atoms with Crippen LogP contribution in [-0.2, 0) is 9.53 Å². The molecular weight excluding hydrogens is 292 g/mol. The molecule has 5 heteroatoms. The highest BCUT2D eigenvalue weighted by atomic mass is 16.5. The van der Waals surface area contributed by atoms with Gasteiger partial charge in [0, 0.05) is 24.0 Å². The molecule has 1 spiro atoms. The number of carbonyl (C=O) groups excluding carboxylic acids is 2. The summed E-state index contributed by atoms with van der Waals surface area (Å²) in [5.74, 6) is 1.06. The number of nitrogens with one attached hydrogen (secondary N) is 1. The molecule has 2 amide bonds. The third-order valence-electron chi connectivity index (χ3n) is 5.12. The number of hydrogen-bond donors (Lipinski definition) is 1. The third-order valence-corrected chi connectivity index (χ3v) is 5.12. The minimum atomic E-state index is -0.383. The van der Waals surface area contributed by atoms with E-state index in [0.29, 0.717) is 26.0 Å². The van der Waals surface area contributed by atoms with E-state index in [4.69, 9.17) is 4.74 Å². The van der Waals surface area contributed by atoms with Crippen molar-refractivity contribution >= 4 is 12.0 Å². The molecule has 1 saturated carbocycles. The minimum absolute atomic E-state index is 0.0945. The Balaban J connectivity index is 1.77. The lowest BCUT2D eigenvalue weighted by Crippen LogP contribution is -2.48. The maximum atomic E-state index is 12.3. The second kappa shape index (κ2) is 7.10. The third kappa shape index (κ3) is 4.85. The summed E-state index contributed by atoms with van der Waals surface area (Å²) in [6.07, 6.45) is 6.70. The summed E-state index contributed by atoms with van der Waals surface area (Å²) in [5.41, 5.74) is -0.192. The first kappa shape index (κ1) is 18.1. The van der Waals surface area contributed by atoms with Gasteiger partial charge in [0.05, 0.1) is 6.61 Å². The van der Waals surface area contributed by atoms with Crippen LogP contribution in [0.15, 0.2) is 0 Å². The summed E-state index contributed by atoms with van der Waals surface area (Å²) in [6.45, 7) is 9.13. The fourth-order valence-electron chi connectivity index (χ4n) is 3.79. The molecule has 5 nitrogen and oxygen atoms in total. The maximum Gasteiger partial charge on any atom is 0.407 e. The molecule has 0 bridgehead atoms. The molecule has 2 fully saturated rings. The lowest BCUT2D eigenvalue weighted by atomic mass is 9.75. The smallest absolute Gasteiger partial charge is 0.407 e. The molecule has 2 aliphatic rings. The highest BCUT2D eigenvalue weighted by Crippen LogP contribution is 2.43. The van der Waals surface area contributed by atoms with Crippen LogP contribution in [-0.4, -0.2) is 41.1 Å². The average molecular weight is 324 g/mol. The first-order valence-electron chi connectivity index (χ1n) is 8.97. The predicted octanol–water partition coefficient (Wildman–Crippen LogP) is 3.47. The van der Waals surface area contributed by atoms with E-state index in [1.54, 1.807) is 0 Å². The molecule has 1 N–H and O–H groups in total. The second-order valence-corrected chi connectivity index (χ2v) is 8.32. The van der Waals surface area contributed by atoms with Crippen molar-refractivity contribution in [1.82, 2.24) is 10.2 Å². The van der Waals surface area contributed by atoms with Crippen molar-refractivity contribution in [3.63, 3.8) is 0 Å². The molecule has 0 atom stereocenters. The lowest BCUT2D eigenvalue weighted by Gasteiger charge is -2.43. The zero-order valence-corrected chi connectivity index (χ0v) is 15.1. The predicted molar refractivity (Wildman–Crippen MR) is 90.2 cm³/mol. The van der Waals surface area contributed by atoms with Gasteiger partial charge >= 0.3 is 6.09 Å². The minimum Gasteiger partial charge on any atom is -0.449 e. The summed E-state index contributed by atoms with van der Waals surface area (Å²) in [7, 11) is 0. The highest BCUT2D eigenvalue weighted by molar-refractivity contribution is 5.79. The van der Waals surface area contributed by atoms with Crippen LogP contribution >= 0.6 is 0 Å². The van der Waals surface area contributed by atoms with Gasteiger partial charge in [-0.1, -0.05) is 6.92 Å². The molecule has 0 unspecified atom stereocenters. The number of hydrogen-bond acceptors (Lipinski definition) is 3. The zero-order valence-electron chi connectivity index (χ0n) is 15.1. The van der Waals surface area contributed by atoms with Gasteiger partial charge in [0.1, 0.15) is 0 Å². The Bertz CT molecular complexity index is 434. The van der Waals surface area contributed by atoms with Crippen LogP contribution in [0, 0.1) is 5.92 Å². The monoisotopic (exact) mass is 324 g/mol. The first-order valence-corrected chi connectivity index (χ1v) is 8.97. The summed E-state index contributed by atoms with van der Waals surface area (Å²) in [6, 6.07) is 0. The van der Waals surface area contributed by atoms with Gasteiger partial charge in [0.2, 0.25) is 5.91 Å². The molecule has 0 radical (unpaired) electrons. The average Bonchev–Trinajstić information content (AvgIpc) is 2.74. The Morgan fingerprint density at radius 2 is 1.96 bits per heavy atom. The molecule has 132 valence electrons. The summed E-state index contributed by atoms with van der Waals surface area (Å²) < 4.78 is 5.22. The largest absolute Gasteiger partial charge is 0.449 e. The molecular formula is C18H32N2O3. The molecule has 1 aliphatic carbocycles. The Kier molecular flexibility index (Phi) is 5.58. The van der Waals surface area contributed by atoms with Gasteiger partial charge in [0.25, 0.3) is 0 Å². The Hall–Kier alpha value is -1.26. The molecule has 0 aromatic carbocycles. The van der Waals surface area contributed by atoms with Crippen LogP contribution < -0.4 is 5.32 Å². The number of carbonyl (C=O) groups is 2. The Morgan fingerprint density at radius 1 is 1.30 bits per heavy atom. The summed E-state index contributed by atoms with van der Waals surface area (Å²) in [5, 5.41) is 2.78. The highest BCUT2D eigenvalue weighted by Gasteiger charge is 2.46. The van der Waals surface area contributed by atoms with Gasteiger partial charge in [-0.15, -0.1) is 0 Å². The van der Waals surface area contributed by atoms with Crippen LogP contribution in [0.1, 0.15) is 72.6 Å². The van der Waals surface area contributed by atoms with Crippen molar-refractivity contribution < 1.29 is 14.3 Å². The standard InChI is InChI=1S/C18H32N2O3/c1-14-6-9-18(10-7-14)11-8-15(21)20(18)12-5-13-23-16(22)19-17(2,3)4/h14H,5-13H2,1-4H3,(H,19,22). The summed E-state index contributed by atoms with van der Waals surface area (Å²) in [4.78, 5) is 26.0. The van der Waals surface area contributed by atoms with E-state index in [0.717, 1.165) is 25.2 Å². The van der Waals surface area contributed by atoms with E-state index in [1.807, 2.05) is 20.8 Å². The van der Waals surface area contributed by atoms with E-state index >= 15 is 0 Å². The van der Waals surface area contributed by atoms with E-state index in [1.165, 1.54) is 12.8 Å². The molecule has 1 heterocycles. The van der Waals surface area contributed by atoms with Crippen LogP contribution in [0.4, 0.5) is 4.79 Å². The molecule has 23 heavy (non-hydrogen) atoms. The molecule has 1 saturated heterocycles. The number of amides is 2. The van der Waals surface area contributed by atoms with Gasteiger partial charge in [-0.2, -0.15) is 0 Å². The maximum absolute atomic E-state index is 12.3. The second-order valence-electron chi connectivity index (χ2n) is 8.32. The topological polar surface area (TPSA) is 58.6 Å². The molecule has 0 aromatic heterocycles. The number of nitrogens with zero attached hydrogens (tertiary/aromatic N) is 1. The normalized spacial score (nSPS) is 28.3. The van der Waals surface area contributed by atoms with E-state index in [9.17, 15) is 9.59 Å². The Labute approximate surface area is 140 Å². The Morgan fingerprint density at radius 3 is 2.57 bits per heavy atom. The van der Waals surface area contributed by atoms with E-state index in [2.05, 4.69) is 17.1 Å². The number of rotatable bonds is 4. The SMILES string of the molecule is CC1CCC2(CCC(=O)N2CCCOC(=O)NC(C)(C)C)CC1. The van der Waals surface area contributed by atoms with Crippen molar-refractivity contribution in [2.24, 2.45) is 5.92 Å². The van der Waals surface area contributed by atoms with Crippen LogP contribution in [0.2, 0.25) is 0 Å². The quantitative estimate of drug-likeness (QED) is 0.806. The van der Waals surface area contributed by atoms with Gasteiger partial charge in [-0.3, -0.25) is 4.79 Å². The van der Waals surface area contributed by atoms with Crippen molar-refractivity contribution in [2.75, 3.05) is 13.2 Å². The van der Waals surface area contributed by atoms with Gasteiger partial charge in [-0.25, -0.2) is 4.79 Å². The zero-order chi connectivity index (χ0) is 17.1. The molecule has 2 rings (SSSR count). The van der Waals surface area contributed by atoms with Crippen molar-refractivity contribution in [1.29, 1.82) is 0 Å². The van der Waals surface area contributed by atoms with Gasteiger partial charge < -0.3 is 15.0 Å². The number of alkyl carbamates (subject to hydrolysis) is 1. The van der Waals surface area contributed by atoms with E-state index < -0.39 is 0 Å². The van der Waals surface area contributed by atoms with Crippen LogP contribution in [0.3, 0.4) is 0 Å². The van der Waals surface area contributed by atoms with Gasteiger partial charge in [0.15, 0.2) is 0 Å². The molecule has 0 aromatic rings. The number of ether oxygens (including phenoxy) is 1. The van der Waals surface area contributed by atoms with Crippen molar-refractivity contribution in [3.05, 3.63) is 0 Å². The van der Waals surface area contributed by atoms with Crippen LogP contribution in [0.5, 0.6) is 0 Å². The van der Waals surface area contributed by atoms with Gasteiger partial charge in [-0.05, 0) is 65.2 Å². The lowest BCUT2D eigenvalue weighted by molar-refractivity contribution is -0.132. The van der Waals surface area contributed by atoms with E-state index in [-0.39, 0.29) is 23.1 Å². The fourth-order valence-corrected chi connectivity index (χ4v) is 3.79.